The lowest BCUT2D eigenvalue weighted by atomic mass is 9.91. The van der Waals surface area contributed by atoms with E-state index < -0.39 is 0 Å². The van der Waals surface area contributed by atoms with E-state index >= 15 is 0 Å². The molecule has 0 bridgehead atoms. The van der Waals surface area contributed by atoms with Crippen molar-refractivity contribution in [3.63, 3.8) is 0 Å². The number of fused-ring (bicyclic) bond motifs is 11. The zero-order valence-corrected chi connectivity index (χ0v) is 24.2. The molecule has 0 spiro atoms. The van der Waals surface area contributed by atoms with Gasteiger partial charge in [0.25, 0.3) is 5.56 Å². The smallest absolute Gasteiger partial charge is 0.263 e. The second-order valence-corrected chi connectivity index (χ2v) is 11.9. The van der Waals surface area contributed by atoms with Crippen LogP contribution in [0, 0.1) is 0 Å². The van der Waals surface area contributed by atoms with E-state index in [4.69, 9.17) is 4.98 Å². The first-order chi connectivity index (χ1) is 22.2. The summed E-state index contributed by atoms with van der Waals surface area (Å²) in [5, 5.41) is 11.3. The van der Waals surface area contributed by atoms with Crippen molar-refractivity contribution in [3.05, 3.63) is 156 Å². The topological polar surface area (TPSA) is 34.4 Å². The molecule has 0 radical (unpaired) electrons. The van der Waals surface area contributed by atoms with E-state index in [9.17, 15) is 4.79 Å². The molecular weight excluding hydrogens is 548 g/mol. The van der Waals surface area contributed by atoms with Crippen LogP contribution in [0.25, 0.3) is 92.7 Å². The van der Waals surface area contributed by atoms with Crippen LogP contribution in [0.2, 0.25) is 0 Å². The Morgan fingerprint density at radius 1 is 0.400 bits per heavy atom. The summed E-state index contributed by atoms with van der Waals surface area (Å²) in [7, 11) is 0. The average Bonchev–Trinajstić information content (AvgIpc) is 3.45. The predicted octanol–water partition coefficient (Wildman–Crippen LogP) is 10.4. The molecule has 3 aromatic heterocycles. The number of benzene rings is 7. The molecule has 10 rings (SSSR count). The van der Waals surface area contributed by atoms with E-state index in [1.807, 2.05) is 40.9 Å². The van der Waals surface area contributed by atoms with Gasteiger partial charge >= 0.3 is 0 Å². The normalized spacial score (nSPS) is 12.1. The van der Waals surface area contributed by atoms with Gasteiger partial charge in [0.2, 0.25) is 0 Å². The molecule has 7 aromatic carbocycles. The van der Waals surface area contributed by atoms with Crippen molar-refractivity contribution in [2.24, 2.45) is 0 Å². The standard InChI is InChI=1S/C42H24N2O/c45-42-36-15-6-5-14-34(36)40-41-35(20-21-43-40)38-24-28(17-19-39(38)44(41)42)26-9-7-8-25(22-26)27-16-18-33-31-12-2-1-10-29(31)30-11-3-4-13-32(30)37(33)23-27/h1-24H. The Labute approximate surface area is 257 Å². The first-order valence-corrected chi connectivity index (χ1v) is 15.3. The van der Waals surface area contributed by atoms with Crippen molar-refractivity contribution in [2.75, 3.05) is 0 Å². The Morgan fingerprint density at radius 3 is 1.62 bits per heavy atom. The van der Waals surface area contributed by atoms with E-state index in [2.05, 4.69) is 109 Å². The van der Waals surface area contributed by atoms with Gasteiger partial charge in [0.15, 0.2) is 0 Å². The molecule has 0 saturated heterocycles. The third-order valence-corrected chi connectivity index (χ3v) is 9.56. The van der Waals surface area contributed by atoms with Crippen LogP contribution in [0.4, 0.5) is 0 Å². The third-order valence-electron chi connectivity index (χ3n) is 9.56. The predicted molar refractivity (Wildman–Crippen MR) is 189 cm³/mol. The molecule has 0 aliphatic carbocycles. The summed E-state index contributed by atoms with van der Waals surface area (Å²) in [6, 6.07) is 49.3. The van der Waals surface area contributed by atoms with Crippen molar-refractivity contribution in [1.82, 2.24) is 9.38 Å². The molecule has 0 atom stereocenters. The number of hydrogen-bond acceptors (Lipinski definition) is 2. The number of aromatic nitrogens is 2. The lowest BCUT2D eigenvalue weighted by molar-refractivity contribution is 1.20. The van der Waals surface area contributed by atoms with Crippen LogP contribution >= 0.6 is 0 Å². The molecule has 45 heavy (non-hydrogen) atoms. The van der Waals surface area contributed by atoms with Crippen LogP contribution < -0.4 is 5.56 Å². The highest BCUT2D eigenvalue weighted by Crippen LogP contribution is 2.39. The molecule has 0 N–H and O–H groups in total. The van der Waals surface area contributed by atoms with E-state index in [1.165, 1.54) is 43.4 Å². The van der Waals surface area contributed by atoms with E-state index in [-0.39, 0.29) is 5.56 Å². The largest absolute Gasteiger partial charge is 0.273 e. The lowest BCUT2D eigenvalue weighted by Crippen LogP contribution is -2.13. The zero-order chi connectivity index (χ0) is 29.6. The highest BCUT2D eigenvalue weighted by atomic mass is 16.1. The maximum atomic E-state index is 13.7. The molecule has 208 valence electrons. The van der Waals surface area contributed by atoms with Gasteiger partial charge in [-0.05, 0) is 91.0 Å². The van der Waals surface area contributed by atoms with Crippen molar-refractivity contribution < 1.29 is 0 Å². The molecule has 0 unspecified atom stereocenters. The van der Waals surface area contributed by atoms with Gasteiger partial charge in [-0.2, -0.15) is 0 Å². The quantitative estimate of drug-likeness (QED) is 0.193. The maximum absolute atomic E-state index is 13.7. The molecule has 0 amide bonds. The molecule has 0 fully saturated rings. The summed E-state index contributed by atoms with van der Waals surface area (Å²) < 4.78 is 1.85. The maximum Gasteiger partial charge on any atom is 0.263 e. The second-order valence-electron chi connectivity index (χ2n) is 11.9. The Hall–Kier alpha value is -6.06. The summed E-state index contributed by atoms with van der Waals surface area (Å²) in [5.74, 6) is 0. The van der Waals surface area contributed by atoms with Crippen molar-refractivity contribution in [3.8, 4) is 22.3 Å². The van der Waals surface area contributed by atoms with Gasteiger partial charge in [-0.15, -0.1) is 0 Å². The summed E-state index contributed by atoms with van der Waals surface area (Å²) in [5.41, 5.74) is 7.26. The van der Waals surface area contributed by atoms with Crippen LogP contribution in [0.5, 0.6) is 0 Å². The molecule has 0 aliphatic rings. The fourth-order valence-electron chi connectivity index (χ4n) is 7.51. The van der Waals surface area contributed by atoms with Crippen LogP contribution in [-0.2, 0) is 0 Å². The van der Waals surface area contributed by atoms with Gasteiger partial charge < -0.3 is 0 Å². The molecule has 3 heteroatoms. The van der Waals surface area contributed by atoms with Gasteiger partial charge in [-0.3, -0.25) is 14.2 Å². The Bertz CT molecular complexity index is 2860. The Morgan fingerprint density at radius 2 is 0.933 bits per heavy atom. The fourth-order valence-corrected chi connectivity index (χ4v) is 7.51. The number of pyridine rings is 2. The zero-order valence-electron chi connectivity index (χ0n) is 24.2. The summed E-state index contributed by atoms with van der Waals surface area (Å²) in [4.78, 5) is 18.4. The number of nitrogens with zero attached hydrogens (tertiary/aromatic N) is 2. The number of rotatable bonds is 2. The first kappa shape index (κ1) is 24.4. The summed E-state index contributed by atoms with van der Waals surface area (Å²) in [6.45, 7) is 0. The van der Waals surface area contributed by atoms with Crippen LogP contribution in [0.15, 0.2) is 151 Å². The Kier molecular flexibility index (Phi) is 4.87. The molecule has 0 aliphatic heterocycles. The van der Waals surface area contributed by atoms with Crippen molar-refractivity contribution >= 4 is 70.4 Å². The van der Waals surface area contributed by atoms with E-state index in [1.54, 1.807) is 0 Å². The first-order valence-electron chi connectivity index (χ1n) is 15.3. The van der Waals surface area contributed by atoms with Gasteiger partial charge in [0, 0.05) is 27.7 Å². The number of hydrogen-bond donors (Lipinski definition) is 0. The summed E-state index contributed by atoms with van der Waals surface area (Å²) >= 11 is 0. The minimum absolute atomic E-state index is 0.00236. The molecule has 0 saturated carbocycles. The fraction of sp³-hybridized carbons (Fsp3) is 0. The Balaban J connectivity index is 1.17. The van der Waals surface area contributed by atoms with Gasteiger partial charge in [0.05, 0.1) is 16.6 Å². The van der Waals surface area contributed by atoms with Gasteiger partial charge in [-0.1, -0.05) is 103 Å². The van der Waals surface area contributed by atoms with Crippen molar-refractivity contribution in [2.45, 2.75) is 0 Å². The molecule has 10 aromatic rings. The third kappa shape index (κ3) is 3.35. The SMILES string of the molecule is O=c1c2ccccc2c2nccc3c4cc(-c5cccc(-c6ccc7c8ccccc8c8ccccc8c7c6)c5)ccc4n1c32. The molecule has 3 nitrogen and oxygen atoms in total. The second kappa shape index (κ2) is 8.98. The van der Waals surface area contributed by atoms with Gasteiger partial charge in [0.1, 0.15) is 0 Å². The van der Waals surface area contributed by atoms with Gasteiger partial charge in [-0.25, -0.2) is 0 Å². The van der Waals surface area contributed by atoms with Crippen LogP contribution in [0.3, 0.4) is 0 Å². The highest BCUT2D eigenvalue weighted by molar-refractivity contribution is 6.26. The highest BCUT2D eigenvalue weighted by Gasteiger charge is 2.18. The van der Waals surface area contributed by atoms with E-state index in [0.717, 1.165) is 43.8 Å². The monoisotopic (exact) mass is 572 g/mol. The van der Waals surface area contributed by atoms with Crippen LogP contribution in [0.1, 0.15) is 0 Å². The summed E-state index contributed by atoms with van der Waals surface area (Å²) in [6.07, 6.45) is 1.86. The molecular formula is C42H24N2O. The van der Waals surface area contributed by atoms with E-state index in [0.29, 0.717) is 5.39 Å². The molecule has 3 heterocycles. The minimum Gasteiger partial charge on any atom is -0.273 e. The van der Waals surface area contributed by atoms with Crippen molar-refractivity contribution in [1.29, 1.82) is 0 Å². The average molecular weight is 573 g/mol. The van der Waals surface area contributed by atoms with Crippen LogP contribution in [-0.4, -0.2) is 9.38 Å². The lowest BCUT2D eigenvalue weighted by Gasteiger charge is -2.12. The minimum atomic E-state index is -0.00236.